The van der Waals surface area contributed by atoms with Crippen LogP contribution in [0.3, 0.4) is 0 Å². The lowest BCUT2D eigenvalue weighted by molar-refractivity contribution is -0.274. The molecule has 0 heterocycles. The molecule has 1 aromatic carbocycles. The van der Waals surface area contributed by atoms with E-state index >= 15 is 0 Å². The van der Waals surface area contributed by atoms with Gasteiger partial charge < -0.3 is 9.29 Å². The molecule has 24 heavy (non-hydrogen) atoms. The third-order valence-corrected chi connectivity index (χ3v) is 4.43. The molecule has 0 aromatic heterocycles. The molecular weight excluding hydrogens is 360 g/mol. The number of alkyl halides is 6. The molecule has 1 unspecified atom stereocenters. The first-order valence-electron chi connectivity index (χ1n) is 6.78. The van der Waals surface area contributed by atoms with E-state index < -0.39 is 46.9 Å². The van der Waals surface area contributed by atoms with E-state index in [1.54, 1.807) is 20.8 Å². The summed E-state index contributed by atoms with van der Waals surface area (Å²) in [6, 6.07) is 3.42. The fourth-order valence-corrected chi connectivity index (χ4v) is 2.45. The summed E-state index contributed by atoms with van der Waals surface area (Å²) in [6.07, 6.45) is -9.57. The maximum absolute atomic E-state index is 13.2. The van der Waals surface area contributed by atoms with Crippen LogP contribution in [-0.2, 0) is 11.4 Å². The molecule has 0 aliphatic carbocycles. The highest BCUT2D eigenvalue weighted by Crippen LogP contribution is 2.36. The molecule has 138 valence electrons. The van der Waals surface area contributed by atoms with Crippen LogP contribution in [0, 0.1) is 0 Å². The zero-order valence-corrected chi connectivity index (χ0v) is 13.9. The normalized spacial score (nSPS) is 15.9. The second kappa shape index (κ2) is 7.40. The molecular formula is C14H17F6NO2S. The van der Waals surface area contributed by atoms with Crippen LogP contribution in [0.25, 0.3) is 0 Å². The van der Waals surface area contributed by atoms with Gasteiger partial charge >= 0.3 is 12.5 Å². The van der Waals surface area contributed by atoms with E-state index in [0.717, 1.165) is 24.3 Å². The number of benzene rings is 1. The van der Waals surface area contributed by atoms with Gasteiger partial charge in [-0.05, 0) is 38.5 Å². The Morgan fingerprint density at radius 3 is 1.92 bits per heavy atom. The van der Waals surface area contributed by atoms with Crippen molar-refractivity contribution in [3.63, 3.8) is 0 Å². The monoisotopic (exact) mass is 377 g/mol. The average Bonchev–Trinajstić information content (AvgIpc) is 2.36. The Morgan fingerprint density at radius 2 is 1.54 bits per heavy atom. The molecule has 3 nitrogen and oxygen atoms in total. The summed E-state index contributed by atoms with van der Waals surface area (Å²) in [5, 5.41) is 0. The third kappa shape index (κ3) is 6.78. The number of ether oxygens (including phenoxy) is 1. The SMILES string of the molecule is CC(C)(C)[S+]([O-])NC[C@H](c1ccc(OC(F)(F)F)cc1)C(F)(F)F. The minimum absolute atomic E-state index is 0.254. The van der Waals surface area contributed by atoms with E-state index in [4.69, 9.17) is 0 Å². The standard InChI is InChI=1S/C14H17F6NO2S/c1-12(2,3)24(22)21-8-11(13(15,16)17)9-4-6-10(7-5-9)23-14(18,19)20/h4-7,11,21H,8H2,1-3H3/t11-,24?/m1/s1. The van der Waals surface area contributed by atoms with Crippen LogP contribution in [-0.4, -0.2) is 28.4 Å². The molecule has 1 aromatic rings. The van der Waals surface area contributed by atoms with Crippen LogP contribution in [0.4, 0.5) is 26.3 Å². The zero-order chi connectivity index (χ0) is 18.8. The van der Waals surface area contributed by atoms with Crippen LogP contribution in [0.2, 0.25) is 0 Å². The van der Waals surface area contributed by atoms with Crippen LogP contribution < -0.4 is 9.46 Å². The van der Waals surface area contributed by atoms with Crippen molar-refractivity contribution in [3.05, 3.63) is 29.8 Å². The highest BCUT2D eigenvalue weighted by molar-refractivity contribution is 7.90. The van der Waals surface area contributed by atoms with Crippen molar-refractivity contribution in [2.45, 2.75) is 44.0 Å². The van der Waals surface area contributed by atoms with E-state index in [-0.39, 0.29) is 5.56 Å². The predicted octanol–water partition coefficient (Wildman–Crippen LogP) is 4.28. The summed E-state index contributed by atoms with van der Waals surface area (Å²) in [4.78, 5) is 0. The van der Waals surface area contributed by atoms with Crippen LogP contribution in [0.5, 0.6) is 5.75 Å². The van der Waals surface area contributed by atoms with Gasteiger partial charge in [-0.2, -0.15) is 13.2 Å². The van der Waals surface area contributed by atoms with Crippen molar-refractivity contribution in [3.8, 4) is 5.75 Å². The van der Waals surface area contributed by atoms with Crippen molar-refractivity contribution in [2.75, 3.05) is 6.54 Å². The van der Waals surface area contributed by atoms with Gasteiger partial charge in [0, 0.05) is 11.4 Å². The van der Waals surface area contributed by atoms with Gasteiger partial charge in [0.05, 0.1) is 12.5 Å². The third-order valence-electron chi connectivity index (χ3n) is 2.89. The quantitative estimate of drug-likeness (QED) is 0.615. The average molecular weight is 377 g/mol. The van der Waals surface area contributed by atoms with Crippen LogP contribution >= 0.6 is 0 Å². The second-order valence-electron chi connectivity index (χ2n) is 5.94. The van der Waals surface area contributed by atoms with Crippen molar-refractivity contribution in [1.82, 2.24) is 4.72 Å². The molecule has 1 rings (SSSR count). The first kappa shape index (κ1) is 20.9. The Hall–Kier alpha value is -1.13. The molecule has 0 spiro atoms. The first-order chi connectivity index (χ1) is 10.7. The van der Waals surface area contributed by atoms with Crippen molar-refractivity contribution < 1.29 is 35.6 Å². The van der Waals surface area contributed by atoms with E-state index in [2.05, 4.69) is 9.46 Å². The minimum Gasteiger partial charge on any atom is -0.598 e. The van der Waals surface area contributed by atoms with Crippen LogP contribution in [0.15, 0.2) is 24.3 Å². The van der Waals surface area contributed by atoms with Gasteiger partial charge in [0.15, 0.2) is 0 Å². The number of hydrogen-bond donors (Lipinski definition) is 1. The first-order valence-corrected chi connectivity index (χ1v) is 7.93. The predicted molar refractivity (Wildman–Crippen MR) is 77.8 cm³/mol. The number of halogens is 6. The lowest BCUT2D eigenvalue weighted by atomic mass is 9.99. The number of rotatable bonds is 5. The number of nitrogens with one attached hydrogen (secondary N) is 1. The topological polar surface area (TPSA) is 44.3 Å². The van der Waals surface area contributed by atoms with Gasteiger partial charge in [0.1, 0.15) is 10.5 Å². The van der Waals surface area contributed by atoms with Gasteiger partial charge in [0.25, 0.3) is 0 Å². The summed E-state index contributed by atoms with van der Waals surface area (Å²) >= 11 is -1.71. The smallest absolute Gasteiger partial charge is 0.573 e. The summed E-state index contributed by atoms with van der Waals surface area (Å²) in [7, 11) is 0. The summed E-state index contributed by atoms with van der Waals surface area (Å²) in [5.74, 6) is -2.62. The second-order valence-corrected chi connectivity index (χ2v) is 7.99. The van der Waals surface area contributed by atoms with E-state index in [1.165, 1.54) is 0 Å². The molecule has 0 aliphatic heterocycles. The Morgan fingerprint density at radius 1 is 1.04 bits per heavy atom. The fraction of sp³-hybridized carbons (Fsp3) is 0.571. The molecule has 10 heteroatoms. The van der Waals surface area contributed by atoms with Crippen molar-refractivity contribution >= 4 is 11.4 Å². The molecule has 0 amide bonds. The minimum atomic E-state index is -4.92. The zero-order valence-electron chi connectivity index (χ0n) is 13.1. The lowest BCUT2D eigenvalue weighted by Crippen LogP contribution is -2.43. The Bertz CT molecular complexity index is 524. The highest BCUT2D eigenvalue weighted by Gasteiger charge is 2.42. The van der Waals surface area contributed by atoms with E-state index in [1.807, 2.05) is 0 Å². The highest BCUT2D eigenvalue weighted by atomic mass is 32.2. The van der Waals surface area contributed by atoms with Gasteiger partial charge in [-0.25, -0.2) is 0 Å². The summed E-state index contributed by atoms with van der Waals surface area (Å²) < 4.78 is 92.7. The van der Waals surface area contributed by atoms with E-state index in [9.17, 15) is 30.9 Å². The molecule has 0 bridgehead atoms. The molecule has 0 saturated heterocycles. The van der Waals surface area contributed by atoms with Gasteiger partial charge in [-0.1, -0.05) is 12.1 Å². The van der Waals surface area contributed by atoms with E-state index in [0.29, 0.717) is 0 Å². The summed E-state index contributed by atoms with van der Waals surface area (Å²) in [5.41, 5.74) is -0.254. The molecule has 1 N–H and O–H groups in total. The maximum Gasteiger partial charge on any atom is 0.573 e. The van der Waals surface area contributed by atoms with Gasteiger partial charge in [0.2, 0.25) is 0 Å². The fourth-order valence-electron chi connectivity index (χ4n) is 1.70. The van der Waals surface area contributed by atoms with Crippen molar-refractivity contribution in [2.24, 2.45) is 0 Å². The molecule has 0 fully saturated rings. The molecule has 0 saturated carbocycles. The Labute approximate surface area is 138 Å². The summed E-state index contributed by atoms with van der Waals surface area (Å²) in [6.45, 7) is 4.14. The largest absolute Gasteiger partial charge is 0.598 e. The van der Waals surface area contributed by atoms with Crippen LogP contribution in [0.1, 0.15) is 32.3 Å². The molecule has 2 atom stereocenters. The number of hydrogen-bond acceptors (Lipinski definition) is 3. The Balaban J connectivity index is 2.90. The van der Waals surface area contributed by atoms with Crippen molar-refractivity contribution in [1.29, 1.82) is 0 Å². The van der Waals surface area contributed by atoms with Gasteiger partial charge in [-0.15, -0.1) is 17.9 Å². The Kier molecular flexibility index (Phi) is 6.45. The molecule has 0 radical (unpaired) electrons. The lowest BCUT2D eigenvalue weighted by Gasteiger charge is -2.27. The van der Waals surface area contributed by atoms with Gasteiger partial charge in [-0.3, -0.25) is 0 Å². The molecule has 0 aliphatic rings. The maximum atomic E-state index is 13.2.